The number of rotatable bonds is 5. The van der Waals surface area contributed by atoms with Crippen molar-refractivity contribution in [3.05, 3.63) is 23.8 Å². The SMILES string of the molecule is NC(=O)c1cc(N2CCCCC2)ccc1NCC(=O)N1CCCCC1. The van der Waals surface area contributed by atoms with Crippen LogP contribution < -0.4 is 16.0 Å². The Kier molecular flexibility index (Phi) is 5.79. The van der Waals surface area contributed by atoms with Gasteiger partial charge in [-0.15, -0.1) is 0 Å². The van der Waals surface area contributed by atoms with Crippen LogP contribution in [0.4, 0.5) is 11.4 Å². The first-order chi connectivity index (χ1) is 12.1. The largest absolute Gasteiger partial charge is 0.376 e. The van der Waals surface area contributed by atoms with E-state index in [1.165, 1.54) is 25.7 Å². The lowest BCUT2D eigenvalue weighted by Gasteiger charge is -2.29. The molecule has 3 rings (SSSR count). The molecule has 2 aliphatic heterocycles. The smallest absolute Gasteiger partial charge is 0.250 e. The summed E-state index contributed by atoms with van der Waals surface area (Å²) in [5.74, 6) is -0.387. The Labute approximate surface area is 149 Å². The maximum Gasteiger partial charge on any atom is 0.250 e. The van der Waals surface area contributed by atoms with Gasteiger partial charge in [0.1, 0.15) is 0 Å². The van der Waals surface area contributed by atoms with Crippen molar-refractivity contribution in [3.8, 4) is 0 Å². The standard InChI is InChI=1S/C19H28N4O2/c20-19(25)16-13-15(22-9-3-1-4-10-22)7-8-17(16)21-14-18(24)23-11-5-2-6-12-23/h7-8,13,21H,1-6,9-12,14H2,(H2,20,25). The highest BCUT2D eigenvalue weighted by atomic mass is 16.2. The van der Waals surface area contributed by atoms with Crippen molar-refractivity contribution in [2.24, 2.45) is 5.73 Å². The van der Waals surface area contributed by atoms with Crippen molar-refractivity contribution in [1.82, 2.24) is 4.90 Å². The average molecular weight is 344 g/mol. The van der Waals surface area contributed by atoms with Crippen molar-refractivity contribution in [2.75, 3.05) is 42.9 Å². The minimum absolute atomic E-state index is 0.0789. The molecule has 0 aliphatic carbocycles. The molecule has 0 radical (unpaired) electrons. The Morgan fingerprint density at radius 3 is 2.24 bits per heavy atom. The van der Waals surface area contributed by atoms with Crippen LogP contribution in [-0.2, 0) is 4.79 Å². The normalized spacial score (nSPS) is 18.1. The Morgan fingerprint density at radius 1 is 0.960 bits per heavy atom. The second-order valence-electron chi connectivity index (χ2n) is 6.94. The van der Waals surface area contributed by atoms with Crippen molar-refractivity contribution in [1.29, 1.82) is 0 Å². The Bertz CT molecular complexity index is 620. The summed E-state index contributed by atoms with van der Waals surface area (Å²) in [7, 11) is 0. The molecule has 2 fully saturated rings. The highest BCUT2D eigenvalue weighted by Crippen LogP contribution is 2.25. The van der Waals surface area contributed by atoms with E-state index >= 15 is 0 Å². The summed E-state index contributed by atoms with van der Waals surface area (Å²) < 4.78 is 0. The fraction of sp³-hybridized carbons (Fsp3) is 0.579. The fourth-order valence-corrected chi connectivity index (χ4v) is 3.67. The maximum atomic E-state index is 12.3. The van der Waals surface area contributed by atoms with Gasteiger partial charge in [-0.2, -0.15) is 0 Å². The Balaban J connectivity index is 1.67. The van der Waals surface area contributed by atoms with E-state index in [0.717, 1.165) is 44.7 Å². The molecule has 3 N–H and O–H groups in total. The Morgan fingerprint density at radius 2 is 1.60 bits per heavy atom. The number of piperidine rings is 2. The number of nitrogens with one attached hydrogen (secondary N) is 1. The third kappa shape index (κ3) is 4.44. The highest BCUT2D eigenvalue weighted by molar-refractivity contribution is 6.00. The monoisotopic (exact) mass is 344 g/mol. The number of hydrogen-bond acceptors (Lipinski definition) is 4. The lowest BCUT2D eigenvalue weighted by molar-refractivity contribution is -0.130. The van der Waals surface area contributed by atoms with Crippen molar-refractivity contribution in [3.63, 3.8) is 0 Å². The second-order valence-corrected chi connectivity index (χ2v) is 6.94. The zero-order chi connectivity index (χ0) is 17.6. The number of hydrogen-bond donors (Lipinski definition) is 2. The number of carbonyl (C=O) groups is 2. The predicted molar refractivity (Wildman–Crippen MR) is 99.9 cm³/mol. The summed E-state index contributed by atoms with van der Waals surface area (Å²) in [5, 5.41) is 3.11. The predicted octanol–water partition coefficient (Wildman–Crippen LogP) is 2.20. The molecule has 0 unspecified atom stereocenters. The maximum absolute atomic E-state index is 12.3. The molecule has 25 heavy (non-hydrogen) atoms. The molecule has 0 atom stereocenters. The topological polar surface area (TPSA) is 78.7 Å². The summed E-state index contributed by atoms with van der Waals surface area (Å²) in [5.41, 5.74) is 7.69. The lowest BCUT2D eigenvalue weighted by Crippen LogP contribution is -2.39. The molecule has 6 heteroatoms. The van der Waals surface area contributed by atoms with Crippen LogP contribution >= 0.6 is 0 Å². The van der Waals surface area contributed by atoms with Crippen molar-refractivity contribution >= 4 is 23.2 Å². The number of benzene rings is 1. The third-order valence-corrected chi connectivity index (χ3v) is 5.13. The van der Waals surface area contributed by atoms with Gasteiger partial charge < -0.3 is 20.9 Å². The van der Waals surface area contributed by atoms with Gasteiger partial charge in [-0.1, -0.05) is 0 Å². The van der Waals surface area contributed by atoms with Crippen LogP contribution in [0.15, 0.2) is 18.2 Å². The van der Waals surface area contributed by atoms with Gasteiger partial charge in [-0.3, -0.25) is 9.59 Å². The van der Waals surface area contributed by atoms with E-state index in [9.17, 15) is 9.59 Å². The molecule has 6 nitrogen and oxygen atoms in total. The van der Waals surface area contributed by atoms with Crippen molar-refractivity contribution in [2.45, 2.75) is 38.5 Å². The van der Waals surface area contributed by atoms with Crippen LogP contribution in [0.2, 0.25) is 0 Å². The van der Waals surface area contributed by atoms with Gasteiger partial charge in [0.05, 0.1) is 12.1 Å². The molecular weight excluding hydrogens is 316 g/mol. The molecule has 0 bridgehead atoms. The van der Waals surface area contributed by atoms with Gasteiger partial charge in [0.25, 0.3) is 5.91 Å². The van der Waals surface area contributed by atoms with Gasteiger partial charge in [0.2, 0.25) is 5.91 Å². The number of likely N-dealkylation sites (tertiary alicyclic amines) is 1. The number of nitrogens with zero attached hydrogens (tertiary/aromatic N) is 2. The van der Waals surface area contributed by atoms with E-state index in [2.05, 4.69) is 10.2 Å². The van der Waals surface area contributed by atoms with Gasteiger partial charge in [-0.05, 0) is 56.7 Å². The van der Waals surface area contributed by atoms with Crippen LogP contribution in [0.25, 0.3) is 0 Å². The van der Waals surface area contributed by atoms with Crippen molar-refractivity contribution < 1.29 is 9.59 Å². The average Bonchev–Trinajstić information content (AvgIpc) is 2.67. The van der Waals surface area contributed by atoms with Crippen LogP contribution in [0.1, 0.15) is 48.9 Å². The summed E-state index contributed by atoms with van der Waals surface area (Å²) in [6.45, 7) is 3.88. The van der Waals surface area contributed by atoms with Crippen LogP contribution in [0.3, 0.4) is 0 Å². The zero-order valence-electron chi connectivity index (χ0n) is 14.8. The fourth-order valence-electron chi connectivity index (χ4n) is 3.67. The number of primary amides is 1. The first-order valence-corrected chi connectivity index (χ1v) is 9.35. The first kappa shape index (κ1) is 17.6. The molecule has 2 heterocycles. The summed E-state index contributed by atoms with van der Waals surface area (Å²) in [6, 6.07) is 5.72. The molecule has 0 saturated carbocycles. The Hall–Kier alpha value is -2.24. The summed E-state index contributed by atoms with van der Waals surface area (Å²) in [6.07, 6.45) is 6.95. The van der Waals surface area contributed by atoms with E-state index in [1.54, 1.807) is 0 Å². The number of anilines is 2. The molecule has 1 aromatic rings. The van der Waals surface area contributed by atoms with E-state index < -0.39 is 5.91 Å². The third-order valence-electron chi connectivity index (χ3n) is 5.13. The number of amides is 2. The van der Waals surface area contributed by atoms with E-state index in [-0.39, 0.29) is 12.5 Å². The molecule has 0 spiro atoms. The van der Waals surface area contributed by atoms with Gasteiger partial charge in [0, 0.05) is 37.6 Å². The molecule has 136 valence electrons. The summed E-state index contributed by atoms with van der Waals surface area (Å²) >= 11 is 0. The van der Waals surface area contributed by atoms with Gasteiger partial charge in [0.15, 0.2) is 0 Å². The molecule has 2 aliphatic rings. The van der Waals surface area contributed by atoms with Gasteiger partial charge in [-0.25, -0.2) is 0 Å². The molecule has 2 amide bonds. The number of carbonyl (C=O) groups excluding carboxylic acids is 2. The molecular formula is C19H28N4O2. The lowest BCUT2D eigenvalue weighted by atomic mass is 10.1. The van der Waals surface area contributed by atoms with Crippen LogP contribution in [0.5, 0.6) is 0 Å². The summed E-state index contributed by atoms with van der Waals surface area (Å²) in [4.78, 5) is 28.4. The van der Waals surface area contributed by atoms with E-state index in [0.29, 0.717) is 11.3 Å². The quantitative estimate of drug-likeness (QED) is 0.858. The van der Waals surface area contributed by atoms with Crippen LogP contribution in [-0.4, -0.2) is 49.4 Å². The number of nitrogens with two attached hydrogens (primary N) is 1. The van der Waals surface area contributed by atoms with E-state index in [4.69, 9.17) is 5.73 Å². The zero-order valence-corrected chi connectivity index (χ0v) is 14.8. The van der Waals surface area contributed by atoms with E-state index in [1.807, 2.05) is 23.1 Å². The minimum atomic E-state index is -0.466. The van der Waals surface area contributed by atoms with Crippen LogP contribution in [0, 0.1) is 0 Å². The van der Waals surface area contributed by atoms with Gasteiger partial charge >= 0.3 is 0 Å². The first-order valence-electron chi connectivity index (χ1n) is 9.35. The molecule has 2 saturated heterocycles. The highest BCUT2D eigenvalue weighted by Gasteiger charge is 2.18. The minimum Gasteiger partial charge on any atom is -0.376 e. The molecule has 0 aromatic heterocycles. The molecule has 1 aromatic carbocycles. The second kappa shape index (κ2) is 8.23.